The summed E-state index contributed by atoms with van der Waals surface area (Å²) in [4.78, 5) is 2.99. The maximum atomic E-state index is 12.8. The van der Waals surface area contributed by atoms with Crippen LogP contribution in [0.25, 0.3) is 0 Å². The van der Waals surface area contributed by atoms with Gasteiger partial charge in [0.1, 0.15) is 0 Å². The lowest BCUT2D eigenvalue weighted by molar-refractivity contribution is -0.189. The van der Waals surface area contributed by atoms with E-state index in [1.54, 1.807) is 6.20 Å². The smallest absolute Gasteiger partial charge is 0.364 e. The van der Waals surface area contributed by atoms with Gasteiger partial charge in [-0.05, 0) is 25.0 Å². The van der Waals surface area contributed by atoms with Gasteiger partial charge < -0.3 is 10.3 Å². The second-order valence-electron chi connectivity index (χ2n) is 4.62. The third-order valence-electron chi connectivity index (χ3n) is 3.40. The van der Waals surface area contributed by atoms with E-state index in [1.807, 2.05) is 12.1 Å². The fraction of sp³-hybridized carbons (Fsp3) is 0.667. The van der Waals surface area contributed by atoms with Crippen LogP contribution in [-0.2, 0) is 6.54 Å². The molecule has 2 rings (SSSR count). The van der Waals surface area contributed by atoms with Crippen LogP contribution < -0.4 is 5.32 Å². The van der Waals surface area contributed by atoms with E-state index in [1.165, 1.54) is 0 Å². The molecule has 0 amide bonds. The number of hydrogen-bond acceptors (Lipinski definition) is 1. The second-order valence-corrected chi connectivity index (χ2v) is 4.62. The average molecular weight is 246 g/mol. The molecule has 0 bridgehead atoms. The van der Waals surface area contributed by atoms with Crippen molar-refractivity contribution >= 4 is 0 Å². The number of rotatable bonds is 3. The molecule has 5 heteroatoms. The Labute approximate surface area is 98.6 Å². The van der Waals surface area contributed by atoms with Gasteiger partial charge in [-0.25, -0.2) is 0 Å². The standard InChI is InChI=1S/C12H17F3N2/c13-12(14,15)10-5-1-2-6-11(10)17-8-9-4-3-7-16-9/h3-4,7,10-11,16-17H,1-2,5-6,8H2. The molecule has 1 fully saturated rings. The first-order valence-corrected chi connectivity index (χ1v) is 6.00. The molecule has 96 valence electrons. The molecule has 1 aliphatic carbocycles. The average Bonchev–Trinajstić information content (AvgIpc) is 2.78. The predicted molar refractivity (Wildman–Crippen MR) is 59.4 cm³/mol. The molecule has 0 aromatic carbocycles. The molecule has 0 radical (unpaired) electrons. The Bertz CT molecular complexity index is 332. The number of nitrogens with one attached hydrogen (secondary N) is 2. The van der Waals surface area contributed by atoms with Crippen LogP contribution in [0.3, 0.4) is 0 Å². The summed E-state index contributed by atoms with van der Waals surface area (Å²) in [6, 6.07) is 3.28. The maximum Gasteiger partial charge on any atom is 0.393 e. The van der Waals surface area contributed by atoms with Gasteiger partial charge in [0, 0.05) is 24.5 Å². The molecular formula is C12H17F3N2. The monoisotopic (exact) mass is 246 g/mol. The minimum Gasteiger partial charge on any atom is -0.364 e. The Morgan fingerprint density at radius 2 is 2.06 bits per heavy atom. The molecule has 2 N–H and O–H groups in total. The van der Waals surface area contributed by atoms with Gasteiger partial charge in [-0.3, -0.25) is 0 Å². The SMILES string of the molecule is FC(F)(F)C1CCCCC1NCc1ccc[nH]1. The molecule has 1 aromatic rings. The molecule has 0 saturated heterocycles. The zero-order valence-corrected chi connectivity index (χ0v) is 9.56. The molecule has 2 nitrogen and oxygen atoms in total. The fourth-order valence-corrected chi connectivity index (χ4v) is 2.49. The van der Waals surface area contributed by atoms with Gasteiger partial charge in [0.15, 0.2) is 0 Å². The van der Waals surface area contributed by atoms with Crippen molar-refractivity contribution in [3.05, 3.63) is 24.0 Å². The number of aromatic nitrogens is 1. The van der Waals surface area contributed by atoms with Crippen LogP contribution in [0.15, 0.2) is 18.3 Å². The van der Waals surface area contributed by atoms with Crippen molar-refractivity contribution in [3.63, 3.8) is 0 Å². The molecule has 0 aliphatic heterocycles. The lowest BCUT2D eigenvalue weighted by Crippen LogP contribution is -2.45. The topological polar surface area (TPSA) is 27.8 Å². The molecule has 2 atom stereocenters. The Balaban J connectivity index is 1.92. The minimum absolute atomic E-state index is 0.256. The van der Waals surface area contributed by atoms with Crippen LogP contribution in [0.5, 0.6) is 0 Å². The van der Waals surface area contributed by atoms with Crippen molar-refractivity contribution < 1.29 is 13.2 Å². The Morgan fingerprint density at radius 1 is 1.29 bits per heavy atom. The summed E-state index contributed by atoms with van der Waals surface area (Å²) in [5, 5.41) is 3.03. The van der Waals surface area contributed by atoms with E-state index < -0.39 is 18.1 Å². The molecule has 1 saturated carbocycles. The number of hydrogen-bond donors (Lipinski definition) is 2. The van der Waals surface area contributed by atoms with E-state index in [9.17, 15) is 13.2 Å². The zero-order chi connectivity index (χ0) is 12.3. The summed E-state index contributed by atoms with van der Waals surface area (Å²) in [7, 11) is 0. The number of H-pyrrole nitrogens is 1. The first-order valence-electron chi connectivity index (χ1n) is 6.00. The van der Waals surface area contributed by atoms with Crippen LogP contribution >= 0.6 is 0 Å². The van der Waals surface area contributed by atoms with Crippen LogP contribution in [0.1, 0.15) is 31.4 Å². The van der Waals surface area contributed by atoms with Crippen molar-refractivity contribution in [3.8, 4) is 0 Å². The summed E-state index contributed by atoms with van der Waals surface area (Å²) in [5.41, 5.74) is 0.927. The maximum absolute atomic E-state index is 12.8. The Kier molecular flexibility index (Phi) is 3.76. The van der Waals surface area contributed by atoms with E-state index in [4.69, 9.17) is 0 Å². The molecule has 1 aliphatic rings. The second kappa shape index (κ2) is 5.12. The number of aromatic amines is 1. The van der Waals surface area contributed by atoms with E-state index >= 15 is 0 Å². The van der Waals surface area contributed by atoms with Crippen LogP contribution in [0.2, 0.25) is 0 Å². The van der Waals surface area contributed by atoms with Gasteiger partial charge in [0.25, 0.3) is 0 Å². The lowest BCUT2D eigenvalue weighted by atomic mass is 9.84. The van der Waals surface area contributed by atoms with E-state index in [2.05, 4.69) is 10.3 Å². The van der Waals surface area contributed by atoms with Crippen LogP contribution in [0.4, 0.5) is 13.2 Å². The van der Waals surface area contributed by atoms with Gasteiger partial charge in [0.2, 0.25) is 0 Å². The van der Waals surface area contributed by atoms with E-state index in [0.29, 0.717) is 19.4 Å². The highest BCUT2D eigenvalue weighted by molar-refractivity contribution is 5.03. The van der Waals surface area contributed by atoms with Gasteiger partial charge in [0.05, 0.1) is 5.92 Å². The summed E-state index contributed by atoms with van der Waals surface area (Å²) >= 11 is 0. The quantitative estimate of drug-likeness (QED) is 0.842. The molecular weight excluding hydrogens is 229 g/mol. The molecule has 1 heterocycles. The lowest BCUT2D eigenvalue weighted by Gasteiger charge is -2.33. The summed E-state index contributed by atoms with van der Waals surface area (Å²) in [6.45, 7) is 0.476. The van der Waals surface area contributed by atoms with Crippen molar-refractivity contribution in [2.45, 2.75) is 44.4 Å². The third kappa shape index (κ3) is 3.25. The predicted octanol–water partition coefficient (Wildman–Crippen LogP) is 3.23. The van der Waals surface area contributed by atoms with Gasteiger partial charge in [-0.1, -0.05) is 12.8 Å². The normalized spacial score (nSPS) is 26.1. The molecule has 2 unspecified atom stereocenters. The molecule has 17 heavy (non-hydrogen) atoms. The fourth-order valence-electron chi connectivity index (χ4n) is 2.49. The minimum atomic E-state index is -4.08. The first-order chi connectivity index (χ1) is 8.07. The number of alkyl halides is 3. The Morgan fingerprint density at radius 3 is 2.71 bits per heavy atom. The van der Waals surface area contributed by atoms with Crippen LogP contribution in [-0.4, -0.2) is 17.2 Å². The highest BCUT2D eigenvalue weighted by Crippen LogP contribution is 2.37. The number of halogens is 3. The molecule has 0 spiro atoms. The Hall–Kier alpha value is -0.970. The first kappa shape index (κ1) is 12.5. The highest BCUT2D eigenvalue weighted by Gasteiger charge is 2.45. The largest absolute Gasteiger partial charge is 0.393 e. The van der Waals surface area contributed by atoms with Crippen molar-refractivity contribution in [2.24, 2.45) is 5.92 Å². The van der Waals surface area contributed by atoms with Crippen molar-refractivity contribution in [1.82, 2.24) is 10.3 Å². The van der Waals surface area contributed by atoms with E-state index in [0.717, 1.165) is 12.1 Å². The zero-order valence-electron chi connectivity index (χ0n) is 9.56. The summed E-state index contributed by atoms with van der Waals surface area (Å²) < 4.78 is 38.4. The van der Waals surface area contributed by atoms with Gasteiger partial charge in [-0.2, -0.15) is 13.2 Å². The van der Waals surface area contributed by atoms with Crippen molar-refractivity contribution in [2.75, 3.05) is 0 Å². The summed E-state index contributed by atoms with van der Waals surface area (Å²) in [6.07, 6.45) is 0.142. The summed E-state index contributed by atoms with van der Waals surface area (Å²) in [5.74, 6) is -1.19. The van der Waals surface area contributed by atoms with Gasteiger partial charge >= 0.3 is 6.18 Å². The third-order valence-corrected chi connectivity index (χ3v) is 3.40. The molecule has 1 aromatic heterocycles. The van der Waals surface area contributed by atoms with Crippen molar-refractivity contribution in [1.29, 1.82) is 0 Å². The van der Waals surface area contributed by atoms with Gasteiger partial charge in [-0.15, -0.1) is 0 Å². The van der Waals surface area contributed by atoms with Crippen LogP contribution in [0, 0.1) is 5.92 Å². The highest BCUT2D eigenvalue weighted by atomic mass is 19.4. The van der Waals surface area contributed by atoms with E-state index in [-0.39, 0.29) is 6.42 Å².